The first-order valence-corrected chi connectivity index (χ1v) is 5.35. The van der Waals surface area contributed by atoms with Gasteiger partial charge in [-0.25, -0.2) is 4.79 Å². The monoisotopic (exact) mass is 234 g/mol. The highest BCUT2D eigenvalue weighted by molar-refractivity contribution is 6.05. The van der Waals surface area contributed by atoms with E-state index in [4.69, 9.17) is 10.9 Å². The molecule has 2 amide bonds. The molecule has 0 atom stereocenters. The van der Waals surface area contributed by atoms with E-state index in [2.05, 4.69) is 15.8 Å². The molecule has 1 aliphatic carbocycles. The van der Waals surface area contributed by atoms with Crippen LogP contribution >= 0.6 is 0 Å². The summed E-state index contributed by atoms with van der Waals surface area (Å²) in [6.45, 7) is 0. The van der Waals surface area contributed by atoms with E-state index in [1.54, 1.807) is 24.3 Å². The molecular formula is C11H14N4O2. The zero-order valence-corrected chi connectivity index (χ0v) is 9.18. The van der Waals surface area contributed by atoms with E-state index in [0.717, 1.165) is 12.8 Å². The second-order valence-electron chi connectivity index (χ2n) is 3.90. The van der Waals surface area contributed by atoms with Crippen molar-refractivity contribution >= 4 is 17.6 Å². The van der Waals surface area contributed by atoms with Crippen molar-refractivity contribution in [2.45, 2.75) is 18.9 Å². The first-order valence-electron chi connectivity index (χ1n) is 5.35. The van der Waals surface area contributed by atoms with Gasteiger partial charge in [0.1, 0.15) is 0 Å². The number of urea groups is 1. The molecule has 0 bridgehead atoms. The Balaban J connectivity index is 2.11. The predicted octanol–water partition coefficient (Wildman–Crippen LogP) is 1.06. The van der Waals surface area contributed by atoms with E-state index in [0.29, 0.717) is 11.3 Å². The summed E-state index contributed by atoms with van der Waals surface area (Å²) < 4.78 is 0. The number of rotatable bonds is 3. The maximum atomic E-state index is 11.6. The molecule has 0 aliphatic heterocycles. The normalized spacial score (nSPS) is 15.4. The number of hydrogen-bond acceptors (Lipinski definition) is 3. The molecule has 2 rings (SSSR count). The SMILES string of the molecule is N/C(=N/O)c1ccccc1NC(=O)NC1CC1. The molecule has 0 aromatic heterocycles. The minimum absolute atomic E-state index is 0.0349. The quantitative estimate of drug-likeness (QED) is 0.272. The number of carbonyl (C=O) groups excluding carboxylic acids is 1. The predicted molar refractivity (Wildman–Crippen MR) is 64.1 cm³/mol. The van der Waals surface area contributed by atoms with Gasteiger partial charge >= 0.3 is 6.03 Å². The fraction of sp³-hybridized carbons (Fsp3) is 0.273. The van der Waals surface area contributed by atoms with Gasteiger partial charge in [-0.15, -0.1) is 0 Å². The summed E-state index contributed by atoms with van der Waals surface area (Å²) in [4.78, 5) is 11.6. The van der Waals surface area contributed by atoms with Crippen LogP contribution in [0.25, 0.3) is 0 Å². The van der Waals surface area contributed by atoms with Crippen LogP contribution in [0.5, 0.6) is 0 Å². The van der Waals surface area contributed by atoms with Crippen LogP contribution in [0.1, 0.15) is 18.4 Å². The van der Waals surface area contributed by atoms with Crippen LogP contribution in [0, 0.1) is 0 Å². The number of oxime groups is 1. The Morgan fingerprint density at radius 1 is 1.41 bits per heavy atom. The van der Waals surface area contributed by atoms with Gasteiger partial charge in [0.05, 0.1) is 5.69 Å². The molecule has 1 aliphatic rings. The molecule has 0 saturated heterocycles. The molecule has 1 fully saturated rings. The van der Waals surface area contributed by atoms with Crippen LogP contribution in [-0.2, 0) is 0 Å². The highest BCUT2D eigenvalue weighted by Gasteiger charge is 2.23. The lowest BCUT2D eigenvalue weighted by molar-refractivity contribution is 0.251. The van der Waals surface area contributed by atoms with Crippen molar-refractivity contribution in [2.24, 2.45) is 10.9 Å². The summed E-state index contributed by atoms with van der Waals surface area (Å²) in [7, 11) is 0. The number of anilines is 1. The number of amides is 2. The smallest absolute Gasteiger partial charge is 0.319 e. The Labute approximate surface area is 98.5 Å². The average Bonchev–Trinajstić information content (AvgIpc) is 3.12. The third-order valence-corrected chi connectivity index (χ3v) is 2.47. The number of nitrogens with zero attached hydrogens (tertiary/aromatic N) is 1. The van der Waals surface area contributed by atoms with E-state index < -0.39 is 0 Å². The minimum Gasteiger partial charge on any atom is -0.409 e. The second kappa shape index (κ2) is 4.73. The van der Waals surface area contributed by atoms with Gasteiger partial charge < -0.3 is 21.6 Å². The Hall–Kier alpha value is -2.24. The largest absolute Gasteiger partial charge is 0.409 e. The topological polar surface area (TPSA) is 99.7 Å². The summed E-state index contributed by atoms with van der Waals surface area (Å²) in [5.74, 6) is -0.0349. The van der Waals surface area contributed by atoms with Crippen LogP contribution in [-0.4, -0.2) is 23.1 Å². The van der Waals surface area contributed by atoms with Gasteiger partial charge in [0.15, 0.2) is 5.84 Å². The Morgan fingerprint density at radius 2 is 2.12 bits per heavy atom. The van der Waals surface area contributed by atoms with Gasteiger partial charge in [-0.2, -0.15) is 0 Å². The number of hydrogen-bond donors (Lipinski definition) is 4. The zero-order valence-electron chi connectivity index (χ0n) is 9.18. The first-order chi connectivity index (χ1) is 8.20. The molecule has 5 N–H and O–H groups in total. The summed E-state index contributed by atoms with van der Waals surface area (Å²) in [5, 5.41) is 17.0. The maximum Gasteiger partial charge on any atom is 0.319 e. The summed E-state index contributed by atoms with van der Waals surface area (Å²) in [6.07, 6.45) is 2.05. The van der Waals surface area contributed by atoms with Crippen molar-refractivity contribution in [3.63, 3.8) is 0 Å². The molecule has 6 nitrogen and oxygen atoms in total. The highest BCUT2D eigenvalue weighted by atomic mass is 16.4. The fourth-order valence-electron chi connectivity index (χ4n) is 1.44. The van der Waals surface area contributed by atoms with Gasteiger partial charge in [-0.1, -0.05) is 17.3 Å². The molecule has 1 saturated carbocycles. The molecule has 90 valence electrons. The summed E-state index contributed by atoms with van der Waals surface area (Å²) in [5.41, 5.74) is 6.51. The molecule has 0 unspecified atom stereocenters. The lowest BCUT2D eigenvalue weighted by atomic mass is 10.1. The number of carbonyl (C=O) groups is 1. The van der Waals surface area contributed by atoms with Crippen LogP contribution in [0.15, 0.2) is 29.4 Å². The Morgan fingerprint density at radius 3 is 2.76 bits per heavy atom. The molecule has 0 spiro atoms. The summed E-state index contributed by atoms with van der Waals surface area (Å²) in [6, 6.07) is 6.89. The van der Waals surface area contributed by atoms with Gasteiger partial charge in [0, 0.05) is 11.6 Å². The van der Waals surface area contributed by atoms with Crippen LogP contribution in [0.2, 0.25) is 0 Å². The van der Waals surface area contributed by atoms with Crippen molar-refractivity contribution in [3.8, 4) is 0 Å². The molecule has 6 heteroatoms. The lowest BCUT2D eigenvalue weighted by Crippen LogP contribution is -2.31. The number of nitrogens with one attached hydrogen (secondary N) is 2. The van der Waals surface area contributed by atoms with Crippen molar-refractivity contribution in [1.82, 2.24) is 5.32 Å². The van der Waals surface area contributed by atoms with E-state index in [1.165, 1.54) is 0 Å². The number of nitrogens with two attached hydrogens (primary N) is 1. The van der Waals surface area contributed by atoms with Gasteiger partial charge in [0.2, 0.25) is 0 Å². The average molecular weight is 234 g/mol. The Kier molecular flexibility index (Phi) is 3.13. The third-order valence-electron chi connectivity index (χ3n) is 2.47. The highest BCUT2D eigenvalue weighted by Crippen LogP contribution is 2.19. The number of benzene rings is 1. The molecular weight excluding hydrogens is 220 g/mol. The third kappa shape index (κ3) is 2.87. The Bertz CT molecular complexity index is 455. The maximum absolute atomic E-state index is 11.6. The lowest BCUT2D eigenvalue weighted by Gasteiger charge is -2.10. The number of amidine groups is 1. The van der Waals surface area contributed by atoms with Crippen molar-refractivity contribution in [2.75, 3.05) is 5.32 Å². The minimum atomic E-state index is -0.273. The molecule has 17 heavy (non-hydrogen) atoms. The van der Waals surface area contributed by atoms with E-state index >= 15 is 0 Å². The molecule has 1 aromatic rings. The van der Waals surface area contributed by atoms with Crippen molar-refractivity contribution < 1.29 is 10.0 Å². The van der Waals surface area contributed by atoms with E-state index in [9.17, 15) is 4.79 Å². The number of para-hydroxylation sites is 1. The molecule has 0 radical (unpaired) electrons. The second-order valence-corrected chi connectivity index (χ2v) is 3.90. The van der Waals surface area contributed by atoms with Gasteiger partial charge in [-0.05, 0) is 25.0 Å². The summed E-state index contributed by atoms with van der Waals surface area (Å²) >= 11 is 0. The van der Waals surface area contributed by atoms with Gasteiger partial charge in [0.25, 0.3) is 0 Å². The standard InChI is InChI=1S/C11H14N4O2/c12-10(15-17)8-3-1-2-4-9(8)14-11(16)13-7-5-6-7/h1-4,7,17H,5-6H2,(H2,12,15)(H2,13,14,16). The fourth-order valence-corrected chi connectivity index (χ4v) is 1.44. The van der Waals surface area contributed by atoms with Crippen molar-refractivity contribution in [3.05, 3.63) is 29.8 Å². The van der Waals surface area contributed by atoms with Crippen molar-refractivity contribution in [1.29, 1.82) is 0 Å². The van der Waals surface area contributed by atoms with Crippen LogP contribution < -0.4 is 16.4 Å². The first kappa shape index (κ1) is 11.3. The van der Waals surface area contributed by atoms with Crippen LogP contribution in [0.3, 0.4) is 0 Å². The van der Waals surface area contributed by atoms with Crippen LogP contribution in [0.4, 0.5) is 10.5 Å². The van der Waals surface area contributed by atoms with E-state index in [-0.39, 0.29) is 17.9 Å². The molecule has 1 aromatic carbocycles. The zero-order chi connectivity index (χ0) is 12.3. The molecule has 0 heterocycles. The van der Waals surface area contributed by atoms with E-state index in [1.807, 2.05) is 0 Å². The van der Waals surface area contributed by atoms with Gasteiger partial charge in [-0.3, -0.25) is 0 Å².